The molecule has 1 aromatic heterocycles. The minimum Gasteiger partial charge on any atom is -0.385 e. The van der Waals surface area contributed by atoms with E-state index in [1.807, 2.05) is 4.90 Å². The molecule has 1 fully saturated rings. The molecule has 0 radical (unpaired) electrons. The molecule has 1 aromatic carbocycles. The summed E-state index contributed by atoms with van der Waals surface area (Å²) in [5.41, 5.74) is -2.87. The molecule has 0 spiro atoms. The molecule has 2 aromatic rings. The van der Waals surface area contributed by atoms with Crippen molar-refractivity contribution < 1.29 is 22.8 Å². The van der Waals surface area contributed by atoms with Crippen LogP contribution in [0.5, 0.6) is 0 Å². The monoisotopic (exact) mass is 432 g/mol. The number of nitro groups is 1. The highest BCUT2D eigenvalue weighted by atomic mass is 32.1. The minimum absolute atomic E-state index is 0.0967. The maximum atomic E-state index is 13.0. The number of hydrogen-bond acceptors (Lipinski definition) is 8. The van der Waals surface area contributed by atoms with Crippen LogP contribution in [0.25, 0.3) is 10.1 Å². The van der Waals surface area contributed by atoms with Gasteiger partial charge in [0.1, 0.15) is 4.70 Å². The Hall–Kier alpha value is -2.31. The molecular weight excluding hydrogens is 413 g/mol. The zero-order valence-corrected chi connectivity index (χ0v) is 16.4. The summed E-state index contributed by atoms with van der Waals surface area (Å²) in [5, 5.41) is 11.2. The lowest BCUT2D eigenvalue weighted by Gasteiger charge is -2.34. The maximum absolute atomic E-state index is 13.0. The van der Waals surface area contributed by atoms with Gasteiger partial charge in [0.2, 0.25) is 0 Å². The number of ether oxygens (including phenoxy) is 1. The first-order valence-corrected chi connectivity index (χ1v) is 9.69. The van der Waals surface area contributed by atoms with Gasteiger partial charge in [-0.1, -0.05) is 11.3 Å². The standard InChI is InChI=1S/C17H19F3N4O4S/c1-28-8-2-3-22-4-6-23(7-5-22)16-21-15(25)12-9-11(17(18,19)20)10-13(24(26)27)14(12)29-16/h9-10H,2-8H2,1H3. The largest absolute Gasteiger partial charge is 0.416 e. The number of nitro benzene ring substituents is 1. The summed E-state index contributed by atoms with van der Waals surface area (Å²) in [6, 6.07) is 1.10. The SMILES string of the molecule is COCCCN1CCN(c2nc(=O)c3cc(C(F)(F)F)cc([N+](=O)[O-])c3s2)CC1. The predicted molar refractivity (Wildman–Crippen MR) is 103 cm³/mol. The van der Waals surface area contributed by atoms with Gasteiger partial charge in [-0.2, -0.15) is 18.2 Å². The van der Waals surface area contributed by atoms with E-state index in [4.69, 9.17) is 4.74 Å². The number of hydrogen-bond donors (Lipinski definition) is 0. The Labute approximate surface area is 167 Å². The summed E-state index contributed by atoms with van der Waals surface area (Å²) >= 11 is 0.872. The average Bonchev–Trinajstić information content (AvgIpc) is 2.67. The van der Waals surface area contributed by atoms with Crippen LogP contribution in [0.15, 0.2) is 16.9 Å². The molecule has 12 heteroatoms. The first-order chi connectivity index (χ1) is 13.7. The van der Waals surface area contributed by atoms with Crippen molar-refractivity contribution in [2.45, 2.75) is 12.6 Å². The summed E-state index contributed by atoms with van der Waals surface area (Å²) in [5.74, 6) is 0. The zero-order chi connectivity index (χ0) is 21.2. The number of piperazine rings is 1. The lowest BCUT2D eigenvalue weighted by Crippen LogP contribution is -2.47. The topological polar surface area (TPSA) is 88.8 Å². The van der Waals surface area contributed by atoms with Crippen LogP contribution in [-0.2, 0) is 10.9 Å². The van der Waals surface area contributed by atoms with Gasteiger partial charge in [-0.3, -0.25) is 19.8 Å². The normalized spacial score (nSPS) is 15.8. The van der Waals surface area contributed by atoms with Crippen LogP contribution in [-0.4, -0.2) is 61.2 Å². The van der Waals surface area contributed by atoms with Crippen molar-refractivity contribution in [1.29, 1.82) is 0 Å². The molecular formula is C17H19F3N4O4S. The molecule has 0 N–H and O–H groups in total. The second-order valence-corrected chi connectivity index (χ2v) is 7.58. The van der Waals surface area contributed by atoms with Crippen LogP contribution < -0.4 is 10.5 Å². The second kappa shape index (κ2) is 8.59. The summed E-state index contributed by atoms with van der Waals surface area (Å²) < 4.78 is 44.1. The van der Waals surface area contributed by atoms with Crippen LogP contribution in [0.2, 0.25) is 0 Å². The molecule has 29 heavy (non-hydrogen) atoms. The average molecular weight is 432 g/mol. The van der Waals surface area contributed by atoms with Crippen molar-refractivity contribution in [2.24, 2.45) is 0 Å². The van der Waals surface area contributed by atoms with E-state index >= 15 is 0 Å². The van der Waals surface area contributed by atoms with Crippen molar-refractivity contribution >= 4 is 32.2 Å². The van der Waals surface area contributed by atoms with Gasteiger partial charge in [0, 0.05) is 52.5 Å². The third-order valence-electron chi connectivity index (χ3n) is 4.68. The molecule has 0 atom stereocenters. The fourth-order valence-electron chi connectivity index (χ4n) is 3.17. The van der Waals surface area contributed by atoms with E-state index < -0.39 is 33.3 Å². The van der Waals surface area contributed by atoms with Crippen LogP contribution in [0, 0.1) is 10.1 Å². The number of anilines is 1. The maximum Gasteiger partial charge on any atom is 0.416 e. The number of methoxy groups -OCH3 is 1. The Morgan fingerprint density at radius 1 is 1.28 bits per heavy atom. The molecule has 0 amide bonds. The zero-order valence-electron chi connectivity index (χ0n) is 15.6. The van der Waals surface area contributed by atoms with Crippen molar-refractivity contribution in [3.8, 4) is 0 Å². The van der Waals surface area contributed by atoms with Crippen molar-refractivity contribution in [3.63, 3.8) is 0 Å². The highest BCUT2D eigenvalue weighted by molar-refractivity contribution is 7.22. The quantitative estimate of drug-likeness (QED) is 0.394. The molecule has 1 saturated heterocycles. The molecule has 0 saturated carbocycles. The first-order valence-electron chi connectivity index (χ1n) is 8.87. The van der Waals surface area contributed by atoms with Gasteiger partial charge in [0.15, 0.2) is 5.13 Å². The molecule has 8 nitrogen and oxygen atoms in total. The minimum atomic E-state index is -4.80. The number of non-ortho nitro benzene ring substituents is 1. The number of aromatic nitrogens is 1. The molecule has 0 bridgehead atoms. The molecule has 1 aliphatic heterocycles. The fourth-order valence-corrected chi connectivity index (χ4v) is 4.29. The third-order valence-corrected chi connectivity index (χ3v) is 5.85. The smallest absolute Gasteiger partial charge is 0.385 e. The number of fused-ring (bicyclic) bond motifs is 1. The molecule has 3 rings (SSSR count). The van der Waals surface area contributed by atoms with Gasteiger partial charge in [-0.05, 0) is 12.5 Å². The van der Waals surface area contributed by atoms with Gasteiger partial charge in [0.05, 0.1) is 15.9 Å². The van der Waals surface area contributed by atoms with Crippen LogP contribution >= 0.6 is 11.3 Å². The summed E-state index contributed by atoms with van der Waals surface area (Å²) in [6.45, 7) is 4.11. The molecule has 1 aliphatic rings. The van der Waals surface area contributed by atoms with Gasteiger partial charge >= 0.3 is 6.18 Å². The van der Waals surface area contributed by atoms with E-state index in [2.05, 4.69) is 9.88 Å². The van der Waals surface area contributed by atoms with E-state index in [1.165, 1.54) is 0 Å². The molecule has 158 valence electrons. The van der Waals surface area contributed by atoms with E-state index in [9.17, 15) is 28.1 Å². The number of benzene rings is 1. The number of nitrogens with zero attached hydrogens (tertiary/aromatic N) is 4. The van der Waals surface area contributed by atoms with E-state index in [0.29, 0.717) is 31.8 Å². The predicted octanol–water partition coefficient (Wildman–Crippen LogP) is 2.74. The summed E-state index contributed by atoms with van der Waals surface area (Å²) in [7, 11) is 1.64. The van der Waals surface area contributed by atoms with Crippen molar-refractivity contribution in [1.82, 2.24) is 9.88 Å². The lowest BCUT2D eigenvalue weighted by molar-refractivity contribution is -0.383. The van der Waals surface area contributed by atoms with Crippen molar-refractivity contribution in [2.75, 3.05) is 51.3 Å². The summed E-state index contributed by atoms with van der Waals surface area (Å²) in [6.07, 6.45) is -3.90. The van der Waals surface area contributed by atoms with Crippen LogP contribution in [0.1, 0.15) is 12.0 Å². The van der Waals surface area contributed by atoms with Gasteiger partial charge < -0.3 is 9.64 Å². The Morgan fingerprint density at radius 2 is 1.97 bits per heavy atom. The second-order valence-electron chi connectivity index (χ2n) is 6.60. The number of alkyl halides is 3. The molecule has 2 heterocycles. The van der Waals surface area contributed by atoms with E-state index in [1.54, 1.807) is 7.11 Å². The van der Waals surface area contributed by atoms with E-state index in [0.717, 1.165) is 37.4 Å². The number of rotatable bonds is 6. The van der Waals surface area contributed by atoms with E-state index in [-0.39, 0.29) is 9.83 Å². The lowest BCUT2D eigenvalue weighted by atomic mass is 10.1. The number of halogens is 3. The van der Waals surface area contributed by atoms with Gasteiger partial charge in [0.25, 0.3) is 11.2 Å². The third kappa shape index (κ3) is 4.82. The first kappa shape index (κ1) is 21.4. The Balaban J connectivity index is 1.91. The van der Waals surface area contributed by atoms with Crippen LogP contribution in [0.4, 0.5) is 24.0 Å². The highest BCUT2D eigenvalue weighted by Gasteiger charge is 2.34. The molecule has 0 unspecified atom stereocenters. The summed E-state index contributed by atoms with van der Waals surface area (Å²) in [4.78, 5) is 30.8. The fraction of sp³-hybridized carbons (Fsp3) is 0.529. The Kier molecular flexibility index (Phi) is 6.34. The van der Waals surface area contributed by atoms with Gasteiger partial charge in [-0.25, -0.2) is 0 Å². The van der Waals surface area contributed by atoms with Gasteiger partial charge in [-0.15, -0.1) is 0 Å². The highest BCUT2D eigenvalue weighted by Crippen LogP contribution is 2.38. The van der Waals surface area contributed by atoms with Crippen molar-refractivity contribution in [3.05, 3.63) is 38.2 Å². The molecule has 0 aliphatic carbocycles. The van der Waals surface area contributed by atoms with Crippen LogP contribution in [0.3, 0.4) is 0 Å². The Morgan fingerprint density at radius 3 is 2.55 bits per heavy atom. The Bertz CT molecular complexity index is 958.